The van der Waals surface area contributed by atoms with Crippen molar-refractivity contribution < 1.29 is 33.8 Å². The molecular weight excluding hydrogens is 596 g/mol. The van der Waals surface area contributed by atoms with Crippen molar-refractivity contribution in [1.29, 1.82) is 0 Å². The Balaban J connectivity index is 1.19. The SMILES string of the molecule is C=C(C(=O)[C@H](O)[C@@H](C)[C@H]1[C@@H](OC(C)=O)C[C@@]2(C)[C@@H]3CC[C@H]4[C@H](C)C(=O)C=C[C@@]45C[C@@]35CC[C@]12C)[C@@H](C)COC(=O)N1CCN(C)CC1. The molecule has 0 radical (unpaired) electrons. The number of carbonyl (C=O) groups is 4. The van der Waals surface area contributed by atoms with Gasteiger partial charge in [-0.3, -0.25) is 14.4 Å². The number of ketones is 2. The number of piperazine rings is 1. The number of hydrogen-bond donors (Lipinski definition) is 1. The number of nitrogens with zero attached hydrogens (tertiary/aromatic N) is 2. The fraction of sp³-hybridized carbons (Fsp3) is 0.789. The third-order valence-electron chi connectivity index (χ3n) is 14.8. The second kappa shape index (κ2) is 11.8. The van der Waals surface area contributed by atoms with E-state index < -0.39 is 35.9 Å². The van der Waals surface area contributed by atoms with E-state index in [0.717, 1.165) is 45.2 Å². The normalized spacial score (nSPS) is 42.6. The van der Waals surface area contributed by atoms with Gasteiger partial charge >= 0.3 is 12.1 Å². The van der Waals surface area contributed by atoms with Crippen molar-refractivity contribution in [2.75, 3.05) is 39.8 Å². The number of rotatable bonds is 8. The van der Waals surface area contributed by atoms with E-state index in [1.165, 1.54) is 6.92 Å². The highest BCUT2D eigenvalue weighted by Crippen LogP contribution is 2.87. The summed E-state index contributed by atoms with van der Waals surface area (Å²) in [6.45, 7) is 18.8. The molecule has 1 N–H and O–H groups in total. The Morgan fingerprint density at radius 1 is 1.09 bits per heavy atom. The summed E-state index contributed by atoms with van der Waals surface area (Å²) in [4.78, 5) is 55.4. The summed E-state index contributed by atoms with van der Waals surface area (Å²) in [5.74, 6) is -0.854. The lowest BCUT2D eigenvalue weighted by Gasteiger charge is -2.61. The molecule has 1 saturated heterocycles. The molecule has 0 aromatic carbocycles. The molecule has 6 aliphatic rings. The van der Waals surface area contributed by atoms with Gasteiger partial charge in [0, 0.05) is 50.9 Å². The van der Waals surface area contributed by atoms with Crippen LogP contribution >= 0.6 is 0 Å². The van der Waals surface area contributed by atoms with Gasteiger partial charge in [-0.1, -0.05) is 47.3 Å². The molecule has 1 aliphatic heterocycles. The molecular formula is C38H56N2O7. The number of ether oxygens (including phenoxy) is 2. The lowest BCUT2D eigenvalue weighted by Crippen LogP contribution is -2.56. The lowest BCUT2D eigenvalue weighted by molar-refractivity contribution is -0.154. The highest BCUT2D eigenvalue weighted by atomic mass is 16.6. The number of esters is 1. The van der Waals surface area contributed by atoms with E-state index >= 15 is 0 Å². The van der Waals surface area contributed by atoms with Crippen molar-refractivity contribution in [2.45, 2.75) is 92.3 Å². The molecule has 1 heterocycles. The van der Waals surface area contributed by atoms with Gasteiger partial charge in [-0.15, -0.1) is 0 Å². The zero-order valence-electron chi connectivity index (χ0n) is 29.5. The van der Waals surface area contributed by atoms with Crippen molar-refractivity contribution in [3.63, 3.8) is 0 Å². The summed E-state index contributed by atoms with van der Waals surface area (Å²) < 4.78 is 11.6. The molecule has 1 amide bonds. The molecule has 0 bridgehead atoms. The van der Waals surface area contributed by atoms with Crippen LogP contribution in [-0.4, -0.2) is 90.6 Å². The van der Waals surface area contributed by atoms with Gasteiger partial charge in [0.05, 0.1) is 6.61 Å². The van der Waals surface area contributed by atoms with E-state index in [9.17, 15) is 24.3 Å². The summed E-state index contributed by atoms with van der Waals surface area (Å²) in [6, 6.07) is 0. The van der Waals surface area contributed by atoms with Gasteiger partial charge in [-0.05, 0) is 96.6 Å². The summed E-state index contributed by atoms with van der Waals surface area (Å²) >= 11 is 0. The van der Waals surface area contributed by atoms with Gasteiger partial charge in [0.15, 0.2) is 11.6 Å². The molecule has 5 fully saturated rings. The largest absolute Gasteiger partial charge is 0.462 e. The number of fused-ring (bicyclic) bond motifs is 2. The zero-order valence-corrected chi connectivity index (χ0v) is 29.5. The molecule has 0 aromatic rings. The molecule has 260 valence electrons. The van der Waals surface area contributed by atoms with Crippen LogP contribution in [0, 0.1) is 57.2 Å². The van der Waals surface area contributed by atoms with Crippen LogP contribution in [0.2, 0.25) is 0 Å². The number of Topliss-reactive ketones (excluding diaryl/α,β-unsaturated/α-hetero) is 1. The maximum absolute atomic E-state index is 13.8. The van der Waals surface area contributed by atoms with Crippen LogP contribution in [0.5, 0.6) is 0 Å². The van der Waals surface area contributed by atoms with E-state index in [2.05, 4.69) is 38.3 Å². The first-order valence-electron chi connectivity index (χ1n) is 17.9. The van der Waals surface area contributed by atoms with Crippen molar-refractivity contribution in [2.24, 2.45) is 57.2 Å². The Labute approximate surface area is 280 Å². The Bertz CT molecular complexity index is 1370. The predicted octanol–water partition coefficient (Wildman–Crippen LogP) is 5.06. The third kappa shape index (κ3) is 5.07. The minimum atomic E-state index is -1.33. The number of amides is 1. The average molecular weight is 653 g/mol. The number of hydrogen-bond acceptors (Lipinski definition) is 8. The zero-order chi connectivity index (χ0) is 34.3. The summed E-state index contributed by atoms with van der Waals surface area (Å²) in [5.41, 5.74) is 0.0196. The summed E-state index contributed by atoms with van der Waals surface area (Å²) in [6.07, 6.45) is 7.79. The van der Waals surface area contributed by atoms with E-state index in [0.29, 0.717) is 31.3 Å². The van der Waals surface area contributed by atoms with Gasteiger partial charge in [-0.2, -0.15) is 0 Å². The van der Waals surface area contributed by atoms with E-state index in [1.807, 2.05) is 20.0 Å². The highest BCUT2D eigenvalue weighted by Gasteiger charge is 2.81. The van der Waals surface area contributed by atoms with E-state index in [1.54, 1.807) is 11.8 Å². The standard InChI is InChI=1S/C38H56N2O7/c1-22(20-46-34(45)40-17-15-39(8)16-18-40)23(2)32(43)33(44)25(4)31-29(47-26(5)41)19-36(7)30-10-9-27-24(3)28(42)11-12-37(27)21-38(30,37)14-13-35(31,36)6/h11-12,22,24-25,27,29-31,33,44H,2,9-10,13-21H2,1,3-8H3/t22-,24-,25-,27-,29-,30-,31-,33+,35+,36-,37+,38-/m0/s1. The van der Waals surface area contributed by atoms with E-state index in [-0.39, 0.29) is 57.4 Å². The molecule has 9 heteroatoms. The number of likely N-dealkylation sites (N-methyl/N-ethyl adjacent to an activating group) is 1. The molecule has 12 atom stereocenters. The Hall–Kier alpha value is -2.52. The molecule has 47 heavy (non-hydrogen) atoms. The van der Waals surface area contributed by atoms with Crippen molar-refractivity contribution >= 4 is 23.6 Å². The second-order valence-electron chi connectivity index (χ2n) is 16.8. The number of carbonyl (C=O) groups excluding carboxylic acids is 4. The first-order chi connectivity index (χ1) is 22.0. The van der Waals surface area contributed by atoms with Crippen LogP contribution in [0.25, 0.3) is 0 Å². The Morgan fingerprint density at radius 2 is 1.77 bits per heavy atom. The van der Waals surface area contributed by atoms with Crippen LogP contribution in [0.15, 0.2) is 24.3 Å². The Morgan fingerprint density at radius 3 is 2.43 bits per heavy atom. The Kier molecular flexibility index (Phi) is 8.64. The molecule has 0 aromatic heterocycles. The van der Waals surface area contributed by atoms with Gasteiger partial charge in [0.2, 0.25) is 0 Å². The minimum Gasteiger partial charge on any atom is -0.462 e. The van der Waals surface area contributed by atoms with Crippen LogP contribution in [-0.2, 0) is 23.9 Å². The third-order valence-corrected chi connectivity index (χ3v) is 14.8. The molecule has 9 nitrogen and oxygen atoms in total. The predicted molar refractivity (Wildman–Crippen MR) is 177 cm³/mol. The molecule has 4 saturated carbocycles. The van der Waals surface area contributed by atoms with Crippen molar-refractivity contribution in [1.82, 2.24) is 9.80 Å². The fourth-order valence-corrected chi connectivity index (χ4v) is 11.9. The lowest BCUT2D eigenvalue weighted by atomic mass is 9.43. The van der Waals surface area contributed by atoms with E-state index in [4.69, 9.17) is 9.47 Å². The topological polar surface area (TPSA) is 113 Å². The first kappa shape index (κ1) is 34.3. The van der Waals surface area contributed by atoms with Crippen molar-refractivity contribution in [3.8, 4) is 0 Å². The monoisotopic (exact) mass is 652 g/mol. The van der Waals surface area contributed by atoms with Gasteiger partial charge < -0.3 is 24.4 Å². The number of aliphatic hydroxyl groups is 1. The van der Waals surface area contributed by atoms with Crippen LogP contribution in [0.4, 0.5) is 4.79 Å². The van der Waals surface area contributed by atoms with Gasteiger partial charge in [0.1, 0.15) is 12.2 Å². The molecule has 0 unspecified atom stereocenters. The highest BCUT2D eigenvalue weighted by molar-refractivity contribution is 5.98. The number of aliphatic hydroxyl groups excluding tert-OH is 1. The molecule has 6 rings (SSSR count). The maximum Gasteiger partial charge on any atom is 0.409 e. The quantitative estimate of drug-likeness (QED) is 0.286. The average Bonchev–Trinajstić information content (AvgIpc) is 3.64. The van der Waals surface area contributed by atoms with Gasteiger partial charge in [0.25, 0.3) is 0 Å². The first-order valence-corrected chi connectivity index (χ1v) is 17.9. The maximum atomic E-state index is 13.8. The van der Waals surface area contributed by atoms with Crippen LogP contribution in [0.1, 0.15) is 80.1 Å². The summed E-state index contributed by atoms with van der Waals surface area (Å²) in [5, 5.41) is 11.7. The fourth-order valence-electron chi connectivity index (χ4n) is 11.9. The molecule has 5 aliphatic carbocycles. The smallest absolute Gasteiger partial charge is 0.409 e. The van der Waals surface area contributed by atoms with Crippen LogP contribution < -0.4 is 0 Å². The second-order valence-corrected chi connectivity index (χ2v) is 16.8. The molecule has 2 spiro atoms. The summed E-state index contributed by atoms with van der Waals surface area (Å²) in [7, 11) is 2.02. The van der Waals surface area contributed by atoms with Crippen molar-refractivity contribution in [3.05, 3.63) is 24.3 Å². The number of allylic oxidation sites excluding steroid dienone is 2. The van der Waals surface area contributed by atoms with Gasteiger partial charge in [-0.25, -0.2) is 4.79 Å². The van der Waals surface area contributed by atoms with Crippen LogP contribution in [0.3, 0.4) is 0 Å². The minimum absolute atomic E-state index is 0.0112.